The van der Waals surface area contributed by atoms with Crippen LogP contribution in [-0.4, -0.2) is 52.8 Å². The number of carbonyl (C=O) groups excluding carboxylic acids is 2. The minimum atomic E-state index is -0.956. The van der Waals surface area contributed by atoms with E-state index in [4.69, 9.17) is 4.74 Å². The summed E-state index contributed by atoms with van der Waals surface area (Å²) >= 11 is 0. The summed E-state index contributed by atoms with van der Waals surface area (Å²) in [5.41, 5.74) is 1.01. The molecule has 0 bridgehead atoms. The highest BCUT2D eigenvalue weighted by Crippen LogP contribution is 2.32. The van der Waals surface area contributed by atoms with Gasteiger partial charge in [0.05, 0.1) is 6.61 Å². The Balaban J connectivity index is 1.97. The molecule has 3 rings (SSSR count). The molecular weight excluding hydrogens is 354 g/mol. The number of nitrogens with zero attached hydrogens (tertiary/aromatic N) is 3. The molecule has 1 atom stereocenters. The maximum atomic E-state index is 13.3. The molecule has 1 aromatic heterocycles. The quantitative estimate of drug-likeness (QED) is 0.750. The van der Waals surface area contributed by atoms with Gasteiger partial charge < -0.3 is 14.5 Å². The van der Waals surface area contributed by atoms with Crippen LogP contribution in [0, 0.1) is 0 Å². The van der Waals surface area contributed by atoms with Crippen LogP contribution in [0.3, 0.4) is 0 Å². The molecule has 0 aliphatic carbocycles. The van der Waals surface area contributed by atoms with Gasteiger partial charge in [-0.25, -0.2) is 4.98 Å². The maximum absolute atomic E-state index is 13.3. The average molecular weight is 379 g/mol. The Hall–Kier alpha value is -3.15. The van der Waals surface area contributed by atoms with Crippen LogP contribution in [0.4, 0.5) is 0 Å². The van der Waals surface area contributed by atoms with Crippen molar-refractivity contribution in [2.24, 2.45) is 0 Å². The van der Waals surface area contributed by atoms with E-state index in [-0.39, 0.29) is 11.8 Å². The van der Waals surface area contributed by atoms with E-state index in [0.29, 0.717) is 30.2 Å². The van der Waals surface area contributed by atoms with Crippen molar-refractivity contribution in [2.45, 2.75) is 25.8 Å². The number of likely N-dealkylation sites (N-methyl/N-ethyl adjacent to an activating group) is 2. The zero-order valence-electron chi connectivity index (χ0n) is 16.7. The topological polar surface area (TPSA) is 62.7 Å². The molecule has 6 heteroatoms. The van der Waals surface area contributed by atoms with Crippen LogP contribution in [0.15, 0.2) is 54.4 Å². The van der Waals surface area contributed by atoms with E-state index in [2.05, 4.69) is 4.98 Å². The number of amides is 2. The standard InChI is InChI=1S/C22H25N3O3/c1-5-28-19-17(12-9-13-23-19)14-18-20(26)25(4)22(2,21(27)24(18)3)15-16-10-7-6-8-11-16/h6-14H,5,15H2,1-4H3/b18-14-. The summed E-state index contributed by atoms with van der Waals surface area (Å²) in [5, 5.41) is 0. The van der Waals surface area contributed by atoms with Gasteiger partial charge in [-0.2, -0.15) is 0 Å². The first-order chi connectivity index (χ1) is 13.4. The first-order valence-corrected chi connectivity index (χ1v) is 9.28. The Bertz CT molecular complexity index is 910. The first kappa shape index (κ1) is 19.6. The van der Waals surface area contributed by atoms with Crippen molar-refractivity contribution >= 4 is 17.9 Å². The number of rotatable bonds is 5. The first-order valence-electron chi connectivity index (χ1n) is 9.28. The van der Waals surface area contributed by atoms with Crippen LogP contribution in [0.2, 0.25) is 0 Å². The highest BCUT2D eigenvalue weighted by atomic mass is 16.5. The van der Waals surface area contributed by atoms with Gasteiger partial charge in [0.1, 0.15) is 11.2 Å². The van der Waals surface area contributed by atoms with Crippen molar-refractivity contribution in [1.29, 1.82) is 0 Å². The second-order valence-electron chi connectivity index (χ2n) is 7.02. The lowest BCUT2D eigenvalue weighted by atomic mass is 9.87. The van der Waals surface area contributed by atoms with Gasteiger partial charge in [-0.3, -0.25) is 9.59 Å². The van der Waals surface area contributed by atoms with Crippen LogP contribution in [0.5, 0.6) is 5.88 Å². The fourth-order valence-corrected chi connectivity index (χ4v) is 3.42. The molecule has 0 N–H and O–H groups in total. The van der Waals surface area contributed by atoms with E-state index in [9.17, 15) is 9.59 Å². The van der Waals surface area contributed by atoms with Gasteiger partial charge in [0, 0.05) is 32.3 Å². The van der Waals surface area contributed by atoms with Crippen LogP contribution in [-0.2, 0) is 16.0 Å². The lowest BCUT2D eigenvalue weighted by Gasteiger charge is -2.45. The van der Waals surface area contributed by atoms with Crippen molar-refractivity contribution in [3.63, 3.8) is 0 Å². The molecule has 1 aromatic carbocycles. The molecule has 1 unspecified atom stereocenters. The molecule has 2 amide bonds. The van der Waals surface area contributed by atoms with E-state index in [1.165, 1.54) is 9.80 Å². The van der Waals surface area contributed by atoms with Gasteiger partial charge in [0.25, 0.3) is 11.8 Å². The normalized spacial score (nSPS) is 21.4. The molecule has 6 nitrogen and oxygen atoms in total. The second-order valence-corrected chi connectivity index (χ2v) is 7.02. The molecule has 2 heterocycles. The number of ether oxygens (including phenoxy) is 1. The molecule has 1 aliphatic heterocycles. The molecule has 0 spiro atoms. The largest absolute Gasteiger partial charge is 0.478 e. The highest BCUT2D eigenvalue weighted by Gasteiger charge is 2.48. The molecule has 0 radical (unpaired) electrons. The Morgan fingerprint density at radius 3 is 2.50 bits per heavy atom. The summed E-state index contributed by atoms with van der Waals surface area (Å²) < 4.78 is 5.54. The van der Waals surface area contributed by atoms with Gasteiger partial charge in [-0.1, -0.05) is 30.3 Å². The molecule has 1 saturated heterocycles. The third-order valence-corrected chi connectivity index (χ3v) is 5.16. The van der Waals surface area contributed by atoms with Gasteiger partial charge in [-0.05, 0) is 37.6 Å². The smallest absolute Gasteiger partial charge is 0.271 e. The molecule has 1 aliphatic rings. The Kier molecular flexibility index (Phi) is 5.49. The third-order valence-electron chi connectivity index (χ3n) is 5.16. The predicted molar refractivity (Wildman–Crippen MR) is 107 cm³/mol. The summed E-state index contributed by atoms with van der Waals surface area (Å²) in [4.78, 5) is 33.6. The number of hydrogen-bond donors (Lipinski definition) is 0. The summed E-state index contributed by atoms with van der Waals surface area (Å²) in [7, 11) is 3.32. The van der Waals surface area contributed by atoms with Crippen molar-refractivity contribution < 1.29 is 14.3 Å². The average Bonchev–Trinajstić information content (AvgIpc) is 2.71. The summed E-state index contributed by atoms with van der Waals surface area (Å²) in [5.74, 6) is 0.0878. The maximum Gasteiger partial charge on any atom is 0.271 e. The van der Waals surface area contributed by atoms with Crippen LogP contribution in [0.1, 0.15) is 25.0 Å². The SMILES string of the molecule is CCOc1ncccc1/C=C1/C(=O)N(C)C(C)(Cc2ccccc2)C(=O)N1C. The van der Waals surface area contributed by atoms with Crippen molar-refractivity contribution in [1.82, 2.24) is 14.8 Å². The summed E-state index contributed by atoms with van der Waals surface area (Å²) in [6.07, 6.45) is 3.74. The molecule has 146 valence electrons. The second kappa shape index (κ2) is 7.84. The molecule has 28 heavy (non-hydrogen) atoms. The number of hydrogen-bond acceptors (Lipinski definition) is 4. The third kappa shape index (κ3) is 3.50. The Labute approximate surface area is 165 Å². The monoisotopic (exact) mass is 379 g/mol. The van der Waals surface area contributed by atoms with Crippen LogP contribution < -0.4 is 4.74 Å². The summed E-state index contributed by atoms with van der Waals surface area (Å²) in [6.45, 7) is 4.14. The minimum Gasteiger partial charge on any atom is -0.478 e. The molecule has 2 aromatic rings. The van der Waals surface area contributed by atoms with Crippen molar-refractivity contribution in [3.8, 4) is 5.88 Å². The molecule has 0 saturated carbocycles. The number of pyridine rings is 1. The number of piperazine rings is 1. The van der Waals surface area contributed by atoms with Crippen molar-refractivity contribution in [3.05, 3.63) is 65.5 Å². The fourth-order valence-electron chi connectivity index (χ4n) is 3.42. The van der Waals surface area contributed by atoms with Gasteiger partial charge in [0.2, 0.25) is 5.88 Å². The molecular formula is C22H25N3O3. The van der Waals surface area contributed by atoms with E-state index in [1.54, 1.807) is 32.4 Å². The van der Waals surface area contributed by atoms with Crippen molar-refractivity contribution in [2.75, 3.05) is 20.7 Å². The zero-order valence-corrected chi connectivity index (χ0v) is 16.7. The lowest BCUT2D eigenvalue weighted by Crippen LogP contribution is -2.64. The molecule has 1 fully saturated rings. The summed E-state index contributed by atoms with van der Waals surface area (Å²) in [6, 6.07) is 13.3. The van der Waals surface area contributed by atoms with E-state index in [0.717, 1.165) is 5.56 Å². The highest BCUT2D eigenvalue weighted by molar-refractivity contribution is 6.08. The number of benzene rings is 1. The van der Waals surface area contributed by atoms with Gasteiger partial charge in [-0.15, -0.1) is 0 Å². The van der Waals surface area contributed by atoms with Crippen LogP contribution in [0.25, 0.3) is 6.08 Å². The lowest BCUT2D eigenvalue weighted by molar-refractivity contribution is -0.155. The fraction of sp³-hybridized carbons (Fsp3) is 0.318. The minimum absolute atomic E-state index is 0.133. The Morgan fingerprint density at radius 1 is 1.11 bits per heavy atom. The van der Waals surface area contributed by atoms with E-state index >= 15 is 0 Å². The van der Waals surface area contributed by atoms with E-state index < -0.39 is 5.54 Å². The Morgan fingerprint density at radius 2 is 1.82 bits per heavy atom. The zero-order chi connectivity index (χ0) is 20.3. The number of carbonyl (C=O) groups is 2. The van der Waals surface area contributed by atoms with Gasteiger partial charge >= 0.3 is 0 Å². The predicted octanol–water partition coefficient (Wildman–Crippen LogP) is 2.75. The van der Waals surface area contributed by atoms with Gasteiger partial charge in [0.15, 0.2) is 0 Å². The van der Waals surface area contributed by atoms with E-state index in [1.807, 2.05) is 50.2 Å². The number of aromatic nitrogens is 1. The van der Waals surface area contributed by atoms with Crippen LogP contribution >= 0.6 is 0 Å².